The molecular weight excluding hydrogens is 140 g/mol. The molecule has 1 rings (SSSR count). The van der Waals surface area contributed by atoms with Crippen molar-refractivity contribution in [2.24, 2.45) is 0 Å². The number of aryl methyl sites for hydroxylation is 1. The van der Waals surface area contributed by atoms with Gasteiger partial charge in [0.1, 0.15) is 12.4 Å². The van der Waals surface area contributed by atoms with E-state index in [-0.39, 0.29) is 6.61 Å². The number of hydrogen-bond acceptors (Lipinski definition) is 1. The minimum atomic E-state index is -0.162. The molecule has 0 fully saturated rings. The fourth-order valence-electron chi connectivity index (χ4n) is 1.03. The van der Waals surface area contributed by atoms with Gasteiger partial charge in [0.2, 0.25) is 0 Å². The van der Waals surface area contributed by atoms with Gasteiger partial charge in [0, 0.05) is 0 Å². The second-order valence-electron chi connectivity index (χ2n) is 2.45. The quantitative estimate of drug-likeness (QED) is 0.635. The van der Waals surface area contributed by atoms with Gasteiger partial charge in [-0.25, -0.2) is 5.11 Å². The standard InChI is InChI=1S/C9H11O2/c1-7-5-8(6-10)3-4-9(7)11-2/h3-5H,6H2,1-2H3. The van der Waals surface area contributed by atoms with Crippen molar-refractivity contribution in [1.82, 2.24) is 0 Å². The van der Waals surface area contributed by atoms with Crippen molar-refractivity contribution in [2.75, 3.05) is 7.11 Å². The molecule has 1 radical (unpaired) electrons. The van der Waals surface area contributed by atoms with Crippen LogP contribution in [0.2, 0.25) is 0 Å². The van der Waals surface area contributed by atoms with Crippen LogP contribution in [0.25, 0.3) is 0 Å². The molecule has 0 saturated heterocycles. The van der Waals surface area contributed by atoms with Gasteiger partial charge in [-0.2, -0.15) is 0 Å². The zero-order valence-corrected chi connectivity index (χ0v) is 6.76. The number of ether oxygens (including phenoxy) is 1. The Morgan fingerprint density at radius 3 is 2.64 bits per heavy atom. The van der Waals surface area contributed by atoms with Crippen LogP contribution in [0.1, 0.15) is 11.1 Å². The van der Waals surface area contributed by atoms with E-state index in [9.17, 15) is 5.11 Å². The fraction of sp³-hybridized carbons (Fsp3) is 0.333. The zero-order valence-electron chi connectivity index (χ0n) is 6.76. The maximum atomic E-state index is 10.4. The fourth-order valence-corrected chi connectivity index (χ4v) is 1.03. The molecular formula is C9H11O2. The van der Waals surface area contributed by atoms with Crippen molar-refractivity contribution in [3.63, 3.8) is 0 Å². The number of methoxy groups -OCH3 is 1. The lowest BCUT2D eigenvalue weighted by Gasteiger charge is -2.04. The van der Waals surface area contributed by atoms with Crippen molar-refractivity contribution < 1.29 is 9.84 Å². The first kappa shape index (κ1) is 8.08. The van der Waals surface area contributed by atoms with Crippen molar-refractivity contribution in [3.8, 4) is 5.75 Å². The van der Waals surface area contributed by atoms with Crippen LogP contribution in [0.4, 0.5) is 0 Å². The Labute approximate surface area is 66.4 Å². The van der Waals surface area contributed by atoms with Crippen molar-refractivity contribution in [1.29, 1.82) is 0 Å². The van der Waals surface area contributed by atoms with Gasteiger partial charge in [-0.05, 0) is 30.2 Å². The van der Waals surface area contributed by atoms with E-state index in [1.807, 2.05) is 19.1 Å². The van der Waals surface area contributed by atoms with E-state index in [2.05, 4.69) is 0 Å². The van der Waals surface area contributed by atoms with Crippen LogP contribution in [0.5, 0.6) is 5.75 Å². The summed E-state index contributed by atoms with van der Waals surface area (Å²) in [7, 11) is 1.62. The van der Waals surface area contributed by atoms with Crippen LogP contribution >= 0.6 is 0 Å². The summed E-state index contributed by atoms with van der Waals surface area (Å²) in [6.07, 6.45) is 0. The topological polar surface area (TPSA) is 29.1 Å². The first-order chi connectivity index (χ1) is 5.27. The summed E-state index contributed by atoms with van der Waals surface area (Å²) in [6, 6.07) is 5.47. The third-order valence-electron chi connectivity index (χ3n) is 1.63. The first-order valence-electron chi connectivity index (χ1n) is 3.49. The molecule has 0 unspecified atom stereocenters. The van der Waals surface area contributed by atoms with Gasteiger partial charge in [0.05, 0.1) is 7.11 Å². The highest BCUT2D eigenvalue weighted by Gasteiger charge is 1.97. The molecule has 0 N–H and O–H groups in total. The highest BCUT2D eigenvalue weighted by molar-refractivity contribution is 5.35. The molecule has 2 nitrogen and oxygen atoms in total. The molecule has 0 spiro atoms. The molecule has 1 aromatic carbocycles. The Hall–Kier alpha value is -1.02. The third kappa shape index (κ3) is 1.71. The van der Waals surface area contributed by atoms with E-state index in [1.165, 1.54) is 0 Å². The maximum Gasteiger partial charge on any atom is 0.121 e. The van der Waals surface area contributed by atoms with Crippen LogP contribution in [0, 0.1) is 6.92 Å². The molecule has 1 aromatic rings. The minimum absolute atomic E-state index is 0.162. The van der Waals surface area contributed by atoms with Gasteiger partial charge >= 0.3 is 0 Å². The van der Waals surface area contributed by atoms with Crippen LogP contribution in [0.3, 0.4) is 0 Å². The molecule has 0 aromatic heterocycles. The van der Waals surface area contributed by atoms with E-state index in [0.29, 0.717) is 0 Å². The van der Waals surface area contributed by atoms with Gasteiger partial charge in [0.15, 0.2) is 0 Å². The molecule has 0 saturated carbocycles. The summed E-state index contributed by atoms with van der Waals surface area (Å²) in [5, 5.41) is 10.4. The summed E-state index contributed by atoms with van der Waals surface area (Å²) in [6.45, 7) is 1.77. The smallest absolute Gasteiger partial charge is 0.121 e. The Morgan fingerprint density at radius 2 is 2.18 bits per heavy atom. The third-order valence-corrected chi connectivity index (χ3v) is 1.63. The average molecular weight is 151 g/mol. The summed E-state index contributed by atoms with van der Waals surface area (Å²) < 4.78 is 5.04. The molecule has 11 heavy (non-hydrogen) atoms. The van der Waals surface area contributed by atoms with Crippen molar-refractivity contribution in [3.05, 3.63) is 29.3 Å². The predicted octanol–water partition coefficient (Wildman–Crippen LogP) is 1.93. The molecule has 0 atom stereocenters. The summed E-state index contributed by atoms with van der Waals surface area (Å²) in [5.41, 5.74) is 1.82. The van der Waals surface area contributed by atoms with Crippen molar-refractivity contribution >= 4 is 0 Å². The second-order valence-corrected chi connectivity index (χ2v) is 2.45. The Morgan fingerprint density at radius 1 is 1.45 bits per heavy atom. The van der Waals surface area contributed by atoms with E-state index in [0.717, 1.165) is 16.9 Å². The minimum Gasteiger partial charge on any atom is -0.496 e. The average Bonchev–Trinajstić information content (AvgIpc) is 2.04. The largest absolute Gasteiger partial charge is 0.496 e. The highest BCUT2D eigenvalue weighted by Crippen LogP contribution is 2.18. The summed E-state index contributed by atoms with van der Waals surface area (Å²) in [4.78, 5) is 0. The monoisotopic (exact) mass is 151 g/mol. The SMILES string of the molecule is COc1ccc(C[O])cc1C. The lowest BCUT2D eigenvalue weighted by molar-refractivity contribution is 0.177. The maximum absolute atomic E-state index is 10.4. The number of rotatable bonds is 2. The molecule has 0 heterocycles. The van der Waals surface area contributed by atoms with Gasteiger partial charge in [-0.3, -0.25) is 0 Å². The molecule has 0 aliphatic heterocycles. The predicted molar refractivity (Wildman–Crippen MR) is 42.1 cm³/mol. The van der Waals surface area contributed by atoms with Gasteiger partial charge in [-0.15, -0.1) is 0 Å². The van der Waals surface area contributed by atoms with Crippen LogP contribution in [-0.2, 0) is 11.7 Å². The molecule has 0 bridgehead atoms. The van der Waals surface area contributed by atoms with E-state index in [4.69, 9.17) is 4.74 Å². The Kier molecular flexibility index (Phi) is 2.49. The number of hydrogen-bond donors (Lipinski definition) is 0. The van der Waals surface area contributed by atoms with Gasteiger partial charge in [-0.1, -0.05) is 6.07 Å². The first-order valence-corrected chi connectivity index (χ1v) is 3.49. The summed E-state index contributed by atoms with van der Waals surface area (Å²) in [5.74, 6) is 0.835. The van der Waals surface area contributed by atoms with Gasteiger partial charge in [0.25, 0.3) is 0 Å². The molecule has 0 aliphatic rings. The van der Waals surface area contributed by atoms with E-state index in [1.54, 1.807) is 13.2 Å². The molecule has 2 heteroatoms. The zero-order chi connectivity index (χ0) is 8.27. The van der Waals surface area contributed by atoms with Crippen molar-refractivity contribution in [2.45, 2.75) is 13.5 Å². The lowest BCUT2D eigenvalue weighted by atomic mass is 10.1. The van der Waals surface area contributed by atoms with Gasteiger partial charge < -0.3 is 4.74 Å². The van der Waals surface area contributed by atoms with Crippen LogP contribution in [0.15, 0.2) is 18.2 Å². The summed E-state index contributed by atoms with van der Waals surface area (Å²) >= 11 is 0. The lowest BCUT2D eigenvalue weighted by Crippen LogP contribution is -1.88. The normalized spacial score (nSPS) is 9.73. The number of benzene rings is 1. The highest BCUT2D eigenvalue weighted by atomic mass is 16.5. The van der Waals surface area contributed by atoms with Crippen LogP contribution in [-0.4, -0.2) is 7.11 Å². The van der Waals surface area contributed by atoms with Crippen LogP contribution < -0.4 is 4.74 Å². The Balaban J connectivity index is 2.99. The van der Waals surface area contributed by atoms with E-state index >= 15 is 0 Å². The Bertz CT molecular complexity index is 243. The molecule has 0 amide bonds. The molecule has 59 valence electrons. The second kappa shape index (κ2) is 3.39. The molecule has 0 aliphatic carbocycles. The van der Waals surface area contributed by atoms with E-state index < -0.39 is 0 Å².